The molecule has 4 rings (SSSR count). The summed E-state index contributed by atoms with van der Waals surface area (Å²) in [5.74, 6) is -0.316. The number of pyridine rings is 1. The molecule has 0 unspecified atom stereocenters. The average Bonchev–Trinajstić information content (AvgIpc) is 2.97. The Hall–Kier alpha value is -3.35. The van der Waals surface area contributed by atoms with Crippen molar-refractivity contribution in [2.24, 2.45) is 0 Å². The van der Waals surface area contributed by atoms with Gasteiger partial charge in [0, 0.05) is 23.5 Å². The molecule has 1 N–H and O–H groups in total. The van der Waals surface area contributed by atoms with Gasteiger partial charge in [0.2, 0.25) is 0 Å². The van der Waals surface area contributed by atoms with Crippen LogP contribution in [0.5, 0.6) is 0 Å². The maximum atomic E-state index is 13.2. The Kier molecular flexibility index (Phi) is 2.97. The van der Waals surface area contributed by atoms with Gasteiger partial charge in [-0.1, -0.05) is 12.1 Å². The molecule has 0 bridgehead atoms. The van der Waals surface area contributed by atoms with Crippen LogP contribution in [0.15, 0.2) is 59.8 Å². The van der Waals surface area contributed by atoms with E-state index in [0.29, 0.717) is 5.65 Å². The molecule has 0 saturated carbocycles. The fraction of sp³-hybridized carbons (Fsp3) is 0. The number of fused-ring (bicyclic) bond motifs is 1. The summed E-state index contributed by atoms with van der Waals surface area (Å²) < 4.78 is 14.4. The van der Waals surface area contributed by atoms with E-state index in [1.165, 1.54) is 16.6 Å². The summed E-state index contributed by atoms with van der Waals surface area (Å²) in [5.41, 5.74) is 3.09. The molecule has 112 valence electrons. The largest absolute Gasteiger partial charge is 0.364 e. The summed E-state index contributed by atoms with van der Waals surface area (Å²) in [6, 6.07) is 9.73. The molecular weight excluding hydrogens is 297 g/mol. The quantitative estimate of drug-likeness (QED) is 0.616. The van der Waals surface area contributed by atoms with Gasteiger partial charge in [-0.2, -0.15) is 14.7 Å². The molecule has 1 aromatic carbocycles. The van der Waals surface area contributed by atoms with Crippen molar-refractivity contribution < 1.29 is 4.39 Å². The molecule has 0 saturated heterocycles. The van der Waals surface area contributed by atoms with E-state index in [4.69, 9.17) is 0 Å². The van der Waals surface area contributed by atoms with Crippen molar-refractivity contribution in [3.8, 4) is 22.3 Å². The lowest BCUT2D eigenvalue weighted by Crippen LogP contribution is -2.12. The Morgan fingerprint density at radius 3 is 2.48 bits per heavy atom. The van der Waals surface area contributed by atoms with Crippen LogP contribution in [0.1, 0.15) is 0 Å². The SMILES string of the molecule is O=c1[nH]nc2c(-c3ccncc3)c(-c3ccc(F)cc3)cnn12. The fourth-order valence-corrected chi connectivity index (χ4v) is 2.51. The molecule has 23 heavy (non-hydrogen) atoms. The minimum Gasteiger partial charge on any atom is -0.265 e. The highest BCUT2D eigenvalue weighted by atomic mass is 19.1. The molecule has 0 fully saturated rings. The van der Waals surface area contributed by atoms with E-state index in [-0.39, 0.29) is 5.82 Å². The predicted octanol–water partition coefficient (Wildman–Crippen LogP) is 2.29. The first-order chi connectivity index (χ1) is 11.2. The van der Waals surface area contributed by atoms with E-state index in [1.54, 1.807) is 30.7 Å². The third kappa shape index (κ3) is 2.18. The molecule has 0 spiro atoms. The molecular formula is C16H10FN5O. The van der Waals surface area contributed by atoms with Gasteiger partial charge in [-0.3, -0.25) is 4.98 Å². The monoisotopic (exact) mass is 307 g/mol. The van der Waals surface area contributed by atoms with Gasteiger partial charge in [0.15, 0.2) is 5.65 Å². The van der Waals surface area contributed by atoms with E-state index in [2.05, 4.69) is 20.3 Å². The van der Waals surface area contributed by atoms with Gasteiger partial charge in [0.05, 0.1) is 6.20 Å². The third-order valence-electron chi connectivity index (χ3n) is 3.57. The number of benzene rings is 1. The van der Waals surface area contributed by atoms with Crippen molar-refractivity contribution in [2.75, 3.05) is 0 Å². The van der Waals surface area contributed by atoms with Crippen LogP contribution in [-0.4, -0.2) is 24.8 Å². The van der Waals surface area contributed by atoms with Gasteiger partial charge >= 0.3 is 5.69 Å². The molecule has 0 radical (unpaired) electrons. The van der Waals surface area contributed by atoms with Crippen molar-refractivity contribution in [1.29, 1.82) is 0 Å². The zero-order valence-electron chi connectivity index (χ0n) is 11.8. The maximum absolute atomic E-state index is 13.2. The lowest BCUT2D eigenvalue weighted by molar-refractivity contribution is 0.628. The standard InChI is InChI=1S/C16H10FN5O/c17-12-3-1-10(2-4-12)13-9-19-22-15(20-21-16(22)23)14(13)11-5-7-18-8-6-11/h1-9H,(H,21,23). The lowest BCUT2D eigenvalue weighted by atomic mass is 9.98. The van der Waals surface area contributed by atoms with Gasteiger partial charge in [0.1, 0.15) is 5.82 Å². The third-order valence-corrected chi connectivity index (χ3v) is 3.57. The summed E-state index contributed by atoms with van der Waals surface area (Å²) in [4.78, 5) is 15.8. The van der Waals surface area contributed by atoms with Crippen molar-refractivity contribution in [3.63, 3.8) is 0 Å². The maximum Gasteiger partial charge on any atom is 0.364 e. The number of aromatic nitrogens is 5. The zero-order chi connectivity index (χ0) is 15.8. The Morgan fingerprint density at radius 2 is 1.74 bits per heavy atom. The summed E-state index contributed by atoms with van der Waals surface area (Å²) in [6.45, 7) is 0. The van der Waals surface area contributed by atoms with Gasteiger partial charge in [0.25, 0.3) is 0 Å². The molecule has 6 nitrogen and oxygen atoms in total. The van der Waals surface area contributed by atoms with Crippen LogP contribution in [-0.2, 0) is 0 Å². The number of aromatic amines is 1. The molecule has 3 heterocycles. The average molecular weight is 307 g/mol. The summed E-state index contributed by atoms with van der Waals surface area (Å²) in [7, 11) is 0. The Morgan fingerprint density at radius 1 is 1.00 bits per heavy atom. The van der Waals surface area contributed by atoms with E-state index in [9.17, 15) is 9.18 Å². The van der Waals surface area contributed by atoms with Crippen molar-refractivity contribution in [3.05, 3.63) is 71.3 Å². The number of H-pyrrole nitrogens is 1. The molecule has 7 heteroatoms. The van der Waals surface area contributed by atoms with E-state index in [1.807, 2.05) is 12.1 Å². The highest BCUT2D eigenvalue weighted by Crippen LogP contribution is 2.33. The fourth-order valence-electron chi connectivity index (χ4n) is 2.51. The molecule has 0 aliphatic carbocycles. The van der Waals surface area contributed by atoms with Crippen LogP contribution in [0.2, 0.25) is 0 Å². The number of hydrogen-bond acceptors (Lipinski definition) is 4. The van der Waals surface area contributed by atoms with E-state index >= 15 is 0 Å². The second kappa shape index (κ2) is 5.13. The first-order valence-corrected chi connectivity index (χ1v) is 6.87. The Balaban J connectivity index is 2.08. The minimum atomic E-state index is -0.416. The summed E-state index contributed by atoms with van der Waals surface area (Å²) in [5, 5.41) is 10.6. The highest BCUT2D eigenvalue weighted by molar-refractivity contribution is 5.90. The van der Waals surface area contributed by atoms with Crippen LogP contribution >= 0.6 is 0 Å². The van der Waals surface area contributed by atoms with Gasteiger partial charge in [-0.15, -0.1) is 0 Å². The summed E-state index contributed by atoms with van der Waals surface area (Å²) >= 11 is 0. The molecule has 0 atom stereocenters. The van der Waals surface area contributed by atoms with Gasteiger partial charge < -0.3 is 0 Å². The van der Waals surface area contributed by atoms with Crippen molar-refractivity contribution in [2.45, 2.75) is 0 Å². The Labute approximate surface area is 129 Å². The van der Waals surface area contributed by atoms with Crippen molar-refractivity contribution >= 4 is 5.65 Å². The highest BCUT2D eigenvalue weighted by Gasteiger charge is 2.16. The minimum absolute atomic E-state index is 0.316. The van der Waals surface area contributed by atoms with Crippen molar-refractivity contribution in [1.82, 2.24) is 24.8 Å². The van der Waals surface area contributed by atoms with Crippen LogP contribution in [0.25, 0.3) is 27.9 Å². The van der Waals surface area contributed by atoms with E-state index in [0.717, 1.165) is 22.3 Å². The second-order valence-electron chi connectivity index (χ2n) is 4.94. The van der Waals surface area contributed by atoms with Crippen LogP contribution in [0.3, 0.4) is 0 Å². The van der Waals surface area contributed by atoms with Crippen LogP contribution in [0.4, 0.5) is 4.39 Å². The van der Waals surface area contributed by atoms with E-state index < -0.39 is 5.69 Å². The molecule has 0 amide bonds. The van der Waals surface area contributed by atoms with Crippen LogP contribution < -0.4 is 5.69 Å². The first kappa shape index (κ1) is 13.3. The normalized spacial score (nSPS) is 11.0. The van der Waals surface area contributed by atoms with Gasteiger partial charge in [-0.05, 0) is 35.4 Å². The number of nitrogens with one attached hydrogen (secondary N) is 1. The first-order valence-electron chi connectivity index (χ1n) is 6.87. The predicted molar refractivity (Wildman–Crippen MR) is 82.2 cm³/mol. The molecule has 4 aromatic rings. The Bertz CT molecular complexity index is 1040. The molecule has 0 aliphatic heterocycles. The molecule has 0 aliphatic rings. The topological polar surface area (TPSA) is 75.9 Å². The zero-order valence-corrected chi connectivity index (χ0v) is 11.8. The van der Waals surface area contributed by atoms with Gasteiger partial charge in [-0.25, -0.2) is 14.3 Å². The smallest absolute Gasteiger partial charge is 0.265 e. The number of halogens is 1. The van der Waals surface area contributed by atoms with Crippen LogP contribution in [0, 0.1) is 5.82 Å². The number of nitrogens with zero attached hydrogens (tertiary/aromatic N) is 4. The second-order valence-corrected chi connectivity index (χ2v) is 4.94. The molecule has 3 aromatic heterocycles. The summed E-state index contributed by atoms with van der Waals surface area (Å²) in [6.07, 6.45) is 4.89. The number of hydrogen-bond donors (Lipinski definition) is 1. The number of rotatable bonds is 2. The lowest BCUT2D eigenvalue weighted by Gasteiger charge is -2.10.